The number of nitrogens with zero attached hydrogens (tertiary/aromatic N) is 5. The van der Waals surface area contributed by atoms with Crippen LogP contribution in [-0.4, -0.2) is 32.8 Å². The van der Waals surface area contributed by atoms with Crippen LogP contribution < -0.4 is 10.2 Å². The molecule has 0 amide bonds. The lowest BCUT2D eigenvalue weighted by Crippen LogP contribution is -2.31. The normalized spacial score (nSPS) is 16.9. The lowest BCUT2D eigenvalue weighted by atomic mass is 10.1. The maximum absolute atomic E-state index is 4.75. The summed E-state index contributed by atoms with van der Waals surface area (Å²) in [5, 5.41) is 16.6. The molecule has 1 aromatic carbocycles. The van der Waals surface area contributed by atoms with Crippen molar-refractivity contribution < 1.29 is 0 Å². The Bertz CT molecular complexity index is 954. The molecule has 8 heteroatoms. The van der Waals surface area contributed by atoms with Crippen LogP contribution in [0.4, 0.5) is 16.8 Å². The molecule has 2 fully saturated rings. The maximum Gasteiger partial charge on any atom is 0.228 e. The second-order valence-electron chi connectivity index (χ2n) is 7.86. The van der Waals surface area contributed by atoms with Gasteiger partial charge in [0.15, 0.2) is 10.3 Å². The summed E-state index contributed by atoms with van der Waals surface area (Å²) >= 11 is 3.40. The minimum absolute atomic E-state index is 0.582. The summed E-state index contributed by atoms with van der Waals surface area (Å²) in [5.41, 5.74) is 3.42. The van der Waals surface area contributed by atoms with E-state index in [1.807, 2.05) is 0 Å². The predicted octanol–water partition coefficient (Wildman–Crippen LogP) is 5.40. The Hall–Kier alpha value is -2.06. The van der Waals surface area contributed by atoms with E-state index in [1.54, 1.807) is 23.1 Å². The molecular weight excluding hydrogens is 400 g/mol. The average Bonchev–Trinajstić information content (AvgIpc) is 3.34. The third-order valence-electron chi connectivity index (χ3n) is 5.40. The zero-order chi connectivity index (χ0) is 19.6. The van der Waals surface area contributed by atoms with Crippen LogP contribution in [0.2, 0.25) is 0 Å². The molecule has 1 N–H and O–H groups in total. The first-order valence-electron chi connectivity index (χ1n) is 10.4. The first kappa shape index (κ1) is 18.9. The molecule has 3 aromatic rings. The van der Waals surface area contributed by atoms with Crippen LogP contribution in [0.25, 0.3) is 0 Å². The van der Waals surface area contributed by atoms with Crippen LogP contribution in [0.1, 0.15) is 49.4 Å². The van der Waals surface area contributed by atoms with Gasteiger partial charge in [0.05, 0.1) is 5.69 Å². The van der Waals surface area contributed by atoms with Gasteiger partial charge < -0.3 is 10.2 Å². The third kappa shape index (κ3) is 4.43. The summed E-state index contributed by atoms with van der Waals surface area (Å²) in [5.74, 6) is 1.89. The van der Waals surface area contributed by atoms with Crippen LogP contribution in [0.3, 0.4) is 0 Å². The number of anilines is 3. The number of thiazole rings is 1. The number of hydrogen-bond acceptors (Lipinski definition) is 7. The minimum Gasteiger partial charge on any atom is -0.341 e. The Labute approximate surface area is 179 Å². The Kier molecular flexibility index (Phi) is 5.46. The van der Waals surface area contributed by atoms with E-state index in [2.05, 4.69) is 61.6 Å². The van der Waals surface area contributed by atoms with Gasteiger partial charge in [0, 0.05) is 36.0 Å². The average molecular weight is 427 g/mol. The zero-order valence-electron chi connectivity index (χ0n) is 16.7. The first-order chi connectivity index (χ1) is 14.3. The van der Waals surface area contributed by atoms with Gasteiger partial charge in [0.2, 0.25) is 5.95 Å². The molecule has 0 spiro atoms. The maximum atomic E-state index is 4.75. The first-order valence-corrected chi connectivity index (χ1v) is 12.2. The molecule has 29 heavy (non-hydrogen) atoms. The van der Waals surface area contributed by atoms with E-state index in [4.69, 9.17) is 4.98 Å². The number of thioether (sulfide) groups is 1. The molecule has 2 aliphatic rings. The van der Waals surface area contributed by atoms with E-state index < -0.39 is 0 Å². The van der Waals surface area contributed by atoms with E-state index in [-0.39, 0.29) is 0 Å². The lowest BCUT2D eigenvalue weighted by molar-refractivity contribution is 0.548. The van der Waals surface area contributed by atoms with Gasteiger partial charge in [-0.05, 0) is 51.2 Å². The summed E-state index contributed by atoms with van der Waals surface area (Å²) in [4.78, 5) is 7.17. The van der Waals surface area contributed by atoms with E-state index in [9.17, 15) is 0 Å². The van der Waals surface area contributed by atoms with E-state index in [1.165, 1.54) is 37.7 Å². The molecule has 6 nitrogen and oxygen atoms in total. The predicted molar refractivity (Wildman–Crippen MR) is 120 cm³/mol. The monoisotopic (exact) mass is 426 g/mol. The van der Waals surface area contributed by atoms with Gasteiger partial charge in [-0.3, -0.25) is 4.57 Å². The number of hydrogen-bond donors (Lipinski definition) is 1. The van der Waals surface area contributed by atoms with Crippen LogP contribution in [0, 0.1) is 6.92 Å². The summed E-state index contributed by atoms with van der Waals surface area (Å²) in [6, 6.07) is 8.98. The molecule has 0 atom stereocenters. The lowest BCUT2D eigenvalue weighted by Gasteiger charge is -2.27. The molecule has 1 aliphatic heterocycles. The second-order valence-corrected chi connectivity index (χ2v) is 9.66. The molecule has 0 unspecified atom stereocenters. The highest BCUT2D eigenvalue weighted by Gasteiger charge is 2.32. The quantitative estimate of drug-likeness (QED) is 0.510. The smallest absolute Gasteiger partial charge is 0.228 e. The highest BCUT2D eigenvalue weighted by atomic mass is 32.2. The Morgan fingerprint density at radius 1 is 1.10 bits per heavy atom. The fourth-order valence-corrected chi connectivity index (χ4v) is 5.39. The molecule has 0 radical (unpaired) electrons. The highest BCUT2D eigenvalue weighted by Crippen LogP contribution is 2.41. The fraction of sp³-hybridized carbons (Fsp3) is 0.476. The summed E-state index contributed by atoms with van der Waals surface area (Å²) in [6.07, 6.45) is 6.34. The molecule has 3 heterocycles. The molecule has 5 rings (SSSR count). The van der Waals surface area contributed by atoms with Crippen LogP contribution in [0.5, 0.6) is 0 Å². The van der Waals surface area contributed by atoms with Crippen LogP contribution >= 0.6 is 23.1 Å². The number of aryl methyl sites for hydroxylation is 1. The summed E-state index contributed by atoms with van der Waals surface area (Å²) in [7, 11) is 0. The summed E-state index contributed by atoms with van der Waals surface area (Å²) < 4.78 is 2.38. The van der Waals surface area contributed by atoms with Crippen molar-refractivity contribution in [2.24, 2.45) is 0 Å². The SMILES string of the molecule is Cc1ccc(Nc2nc(CSc3nnc(N4CCCCC4)n3C3CC3)cs2)cc1. The van der Waals surface area contributed by atoms with Gasteiger partial charge in [-0.15, -0.1) is 21.5 Å². The molecule has 152 valence electrons. The van der Waals surface area contributed by atoms with Gasteiger partial charge >= 0.3 is 0 Å². The largest absolute Gasteiger partial charge is 0.341 e. The topological polar surface area (TPSA) is 58.9 Å². The van der Waals surface area contributed by atoms with Gasteiger partial charge in [-0.25, -0.2) is 4.98 Å². The number of rotatable bonds is 7. The van der Waals surface area contributed by atoms with Gasteiger partial charge in [-0.2, -0.15) is 0 Å². The highest BCUT2D eigenvalue weighted by molar-refractivity contribution is 7.98. The van der Waals surface area contributed by atoms with Crippen molar-refractivity contribution in [3.05, 3.63) is 40.9 Å². The van der Waals surface area contributed by atoms with E-state index >= 15 is 0 Å². The van der Waals surface area contributed by atoms with Crippen molar-refractivity contribution in [3.8, 4) is 0 Å². The van der Waals surface area contributed by atoms with Gasteiger partial charge in [0.1, 0.15) is 0 Å². The van der Waals surface area contributed by atoms with Crippen molar-refractivity contribution in [1.82, 2.24) is 19.7 Å². The number of aromatic nitrogens is 4. The van der Waals surface area contributed by atoms with Gasteiger partial charge in [-0.1, -0.05) is 29.5 Å². The standard InChI is InChI=1S/C21H26N6S2/c1-15-5-7-16(8-6-15)22-19-23-17(13-28-19)14-29-21-25-24-20(27(21)18-9-10-18)26-11-3-2-4-12-26/h5-8,13,18H,2-4,9-12,14H2,1H3,(H,22,23). The van der Waals surface area contributed by atoms with Crippen molar-refractivity contribution in [2.45, 2.75) is 56.0 Å². The Morgan fingerprint density at radius 2 is 1.90 bits per heavy atom. The van der Waals surface area contributed by atoms with Gasteiger partial charge in [0.25, 0.3) is 0 Å². The third-order valence-corrected chi connectivity index (χ3v) is 7.18. The van der Waals surface area contributed by atoms with Crippen molar-refractivity contribution in [1.29, 1.82) is 0 Å². The number of piperidine rings is 1. The molecular formula is C21H26N6S2. The number of benzene rings is 1. The summed E-state index contributed by atoms with van der Waals surface area (Å²) in [6.45, 7) is 4.31. The van der Waals surface area contributed by atoms with E-state index in [0.717, 1.165) is 46.5 Å². The zero-order valence-corrected chi connectivity index (χ0v) is 18.3. The van der Waals surface area contributed by atoms with Crippen molar-refractivity contribution in [3.63, 3.8) is 0 Å². The Balaban J connectivity index is 1.25. The molecule has 1 saturated heterocycles. The van der Waals surface area contributed by atoms with E-state index in [0.29, 0.717) is 6.04 Å². The van der Waals surface area contributed by atoms with Crippen molar-refractivity contribution in [2.75, 3.05) is 23.3 Å². The van der Waals surface area contributed by atoms with Crippen molar-refractivity contribution >= 4 is 39.9 Å². The molecule has 1 saturated carbocycles. The van der Waals surface area contributed by atoms with Crippen LogP contribution in [-0.2, 0) is 5.75 Å². The van der Waals surface area contributed by atoms with Crippen LogP contribution in [0.15, 0.2) is 34.8 Å². The molecule has 1 aliphatic carbocycles. The fourth-order valence-electron chi connectivity index (χ4n) is 3.66. The minimum atomic E-state index is 0.582. The number of nitrogens with one attached hydrogen (secondary N) is 1. The molecule has 0 bridgehead atoms. The second kappa shape index (κ2) is 8.36. The Morgan fingerprint density at radius 3 is 2.66 bits per heavy atom. The molecule has 2 aromatic heterocycles.